The van der Waals surface area contributed by atoms with Gasteiger partial charge in [-0.25, -0.2) is 9.69 Å². The summed E-state index contributed by atoms with van der Waals surface area (Å²) in [7, 11) is 0. The highest BCUT2D eigenvalue weighted by Crippen LogP contribution is 2.30. The fourth-order valence-electron chi connectivity index (χ4n) is 3.21. The van der Waals surface area contributed by atoms with E-state index in [0.717, 1.165) is 16.2 Å². The zero-order valence-corrected chi connectivity index (χ0v) is 18.4. The summed E-state index contributed by atoms with van der Waals surface area (Å²) in [6.07, 6.45) is 0. The lowest BCUT2D eigenvalue weighted by molar-refractivity contribution is 0.0475. The van der Waals surface area contributed by atoms with E-state index < -0.39 is 24.4 Å². The molecule has 0 radical (unpaired) electrons. The molecular formula is C23H16ClNO6S. The summed E-state index contributed by atoms with van der Waals surface area (Å²) in [6.45, 7) is 1.89. The smallest absolute Gasteiger partial charge is 0.338 e. The number of anilines is 1. The Labute approximate surface area is 192 Å². The minimum Gasteiger partial charge on any atom is -0.494 e. The topological polar surface area (TPSA) is 90.0 Å². The van der Waals surface area contributed by atoms with Gasteiger partial charge in [-0.05, 0) is 61.5 Å². The number of amides is 2. The largest absolute Gasteiger partial charge is 0.494 e. The van der Waals surface area contributed by atoms with Gasteiger partial charge < -0.3 is 9.47 Å². The number of Topliss-reactive ketones (excluding diaryl/α,β-unsaturated/α-hetero) is 1. The maximum Gasteiger partial charge on any atom is 0.338 e. The first-order valence-corrected chi connectivity index (χ1v) is 10.8. The number of imide groups is 1. The molecule has 32 heavy (non-hydrogen) atoms. The molecule has 0 saturated heterocycles. The van der Waals surface area contributed by atoms with E-state index in [-0.39, 0.29) is 22.5 Å². The van der Waals surface area contributed by atoms with Gasteiger partial charge in [-0.1, -0.05) is 11.6 Å². The second-order valence-electron chi connectivity index (χ2n) is 6.74. The average molecular weight is 470 g/mol. The lowest BCUT2D eigenvalue weighted by Crippen LogP contribution is -2.29. The van der Waals surface area contributed by atoms with Crippen molar-refractivity contribution in [1.29, 1.82) is 0 Å². The highest BCUT2D eigenvalue weighted by Gasteiger charge is 2.37. The number of hydrogen-bond donors (Lipinski definition) is 0. The van der Waals surface area contributed by atoms with Gasteiger partial charge >= 0.3 is 5.97 Å². The Morgan fingerprint density at radius 2 is 1.69 bits per heavy atom. The van der Waals surface area contributed by atoms with Gasteiger partial charge in [-0.3, -0.25) is 14.4 Å². The van der Waals surface area contributed by atoms with Gasteiger partial charge in [0.25, 0.3) is 11.8 Å². The quantitative estimate of drug-likeness (QED) is 0.284. The summed E-state index contributed by atoms with van der Waals surface area (Å²) in [4.78, 5) is 51.6. The van der Waals surface area contributed by atoms with E-state index in [1.54, 1.807) is 36.4 Å². The number of rotatable bonds is 7. The number of nitrogens with zero attached hydrogens (tertiary/aromatic N) is 1. The minimum absolute atomic E-state index is 0.0652. The highest BCUT2D eigenvalue weighted by molar-refractivity contribution is 7.18. The van der Waals surface area contributed by atoms with Crippen LogP contribution in [0.1, 0.15) is 47.7 Å². The van der Waals surface area contributed by atoms with Gasteiger partial charge in [0.15, 0.2) is 6.61 Å². The van der Waals surface area contributed by atoms with E-state index >= 15 is 0 Å². The van der Waals surface area contributed by atoms with E-state index in [9.17, 15) is 19.2 Å². The van der Waals surface area contributed by atoms with Gasteiger partial charge in [0.2, 0.25) is 5.78 Å². The highest BCUT2D eigenvalue weighted by atomic mass is 35.5. The van der Waals surface area contributed by atoms with Crippen LogP contribution in [0.15, 0.2) is 54.6 Å². The molecule has 7 nitrogen and oxygen atoms in total. The van der Waals surface area contributed by atoms with Crippen molar-refractivity contribution in [1.82, 2.24) is 0 Å². The van der Waals surface area contributed by atoms with Crippen LogP contribution in [0.25, 0.3) is 0 Å². The second-order valence-corrected chi connectivity index (χ2v) is 8.45. The molecule has 0 bridgehead atoms. The average Bonchev–Trinajstić information content (AvgIpc) is 3.34. The second kappa shape index (κ2) is 8.94. The zero-order chi connectivity index (χ0) is 22.8. The first-order valence-electron chi connectivity index (χ1n) is 9.60. The summed E-state index contributed by atoms with van der Waals surface area (Å²) in [5.74, 6) is -1.57. The molecule has 1 aromatic heterocycles. The number of carbonyl (C=O) groups is 4. The summed E-state index contributed by atoms with van der Waals surface area (Å²) in [6, 6.07) is 13.8. The number of hydrogen-bond acceptors (Lipinski definition) is 7. The molecule has 0 atom stereocenters. The third kappa shape index (κ3) is 4.15. The molecule has 0 saturated carbocycles. The molecule has 0 spiro atoms. The first-order chi connectivity index (χ1) is 15.4. The lowest BCUT2D eigenvalue weighted by atomic mass is 10.1. The van der Waals surface area contributed by atoms with Crippen LogP contribution in [-0.4, -0.2) is 36.8 Å². The molecule has 9 heteroatoms. The summed E-state index contributed by atoms with van der Waals surface area (Å²) in [5.41, 5.74) is 0.735. The molecule has 0 fully saturated rings. The van der Waals surface area contributed by atoms with Gasteiger partial charge in [-0.2, -0.15) is 0 Å². The van der Waals surface area contributed by atoms with Crippen molar-refractivity contribution in [2.45, 2.75) is 6.92 Å². The minimum atomic E-state index is -0.774. The Balaban J connectivity index is 1.49. The molecule has 1 aliphatic heterocycles. The summed E-state index contributed by atoms with van der Waals surface area (Å²) < 4.78 is 10.9. The normalized spacial score (nSPS) is 12.6. The van der Waals surface area contributed by atoms with Crippen LogP contribution >= 0.6 is 22.9 Å². The van der Waals surface area contributed by atoms with Gasteiger partial charge in [-0.15, -0.1) is 11.3 Å². The SMILES string of the molecule is CCOc1ccc(N2C(=O)c3ccc(C(=O)OCC(=O)c4ccc(Cl)s4)cc3C2=O)cc1. The van der Waals surface area contributed by atoms with Crippen molar-refractivity contribution in [2.75, 3.05) is 18.1 Å². The Hall–Kier alpha value is -3.49. The van der Waals surface area contributed by atoms with E-state index in [1.807, 2.05) is 6.92 Å². The maximum absolute atomic E-state index is 12.9. The van der Waals surface area contributed by atoms with E-state index in [1.165, 1.54) is 18.2 Å². The Morgan fingerprint density at radius 3 is 2.34 bits per heavy atom. The van der Waals surface area contributed by atoms with Crippen molar-refractivity contribution >= 4 is 52.2 Å². The fraction of sp³-hybridized carbons (Fsp3) is 0.130. The van der Waals surface area contributed by atoms with Crippen LogP contribution in [-0.2, 0) is 4.74 Å². The number of esters is 1. The van der Waals surface area contributed by atoms with Crippen molar-refractivity contribution < 1.29 is 28.7 Å². The number of fused-ring (bicyclic) bond motifs is 1. The van der Waals surface area contributed by atoms with Crippen LogP contribution in [0.3, 0.4) is 0 Å². The Bertz CT molecular complexity index is 1230. The molecule has 162 valence electrons. The van der Waals surface area contributed by atoms with E-state index in [4.69, 9.17) is 21.1 Å². The molecule has 2 amide bonds. The zero-order valence-electron chi connectivity index (χ0n) is 16.8. The molecule has 4 rings (SSSR count). The van der Waals surface area contributed by atoms with Crippen LogP contribution in [0.5, 0.6) is 5.75 Å². The van der Waals surface area contributed by atoms with Crippen LogP contribution in [0, 0.1) is 0 Å². The van der Waals surface area contributed by atoms with Gasteiger partial charge in [0.1, 0.15) is 5.75 Å². The van der Waals surface area contributed by atoms with Crippen molar-refractivity contribution in [3.63, 3.8) is 0 Å². The molecular weight excluding hydrogens is 454 g/mol. The number of benzene rings is 2. The summed E-state index contributed by atoms with van der Waals surface area (Å²) >= 11 is 6.90. The van der Waals surface area contributed by atoms with Crippen molar-refractivity contribution in [3.05, 3.63) is 80.5 Å². The summed E-state index contributed by atoms with van der Waals surface area (Å²) in [5, 5.41) is 0. The van der Waals surface area contributed by atoms with E-state index in [2.05, 4.69) is 0 Å². The molecule has 3 aromatic rings. The monoisotopic (exact) mass is 469 g/mol. The number of carbonyl (C=O) groups excluding carboxylic acids is 4. The Morgan fingerprint density at radius 1 is 0.969 bits per heavy atom. The van der Waals surface area contributed by atoms with Crippen molar-refractivity contribution in [3.8, 4) is 5.75 Å². The number of thiophene rings is 1. The van der Waals surface area contributed by atoms with Crippen LogP contribution in [0.2, 0.25) is 4.34 Å². The molecule has 1 aliphatic rings. The van der Waals surface area contributed by atoms with Gasteiger partial charge in [0, 0.05) is 0 Å². The number of ether oxygens (including phenoxy) is 2. The lowest BCUT2D eigenvalue weighted by Gasteiger charge is -2.14. The molecule has 0 N–H and O–H groups in total. The first kappa shape index (κ1) is 21.7. The van der Waals surface area contributed by atoms with Crippen LogP contribution in [0.4, 0.5) is 5.69 Å². The molecule has 2 heterocycles. The number of ketones is 1. The maximum atomic E-state index is 12.9. The third-order valence-electron chi connectivity index (χ3n) is 4.71. The fourth-order valence-corrected chi connectivity index (χ4v) is 4.18. The predicted octanol–water partition coefficient (Wildman–Crippen LogP) is 4.64. The van der Waals surface area contributed by atoms with Gasteiger partial charge in [0.05, 0.1) is 38.2 Å². The molecule has 0 aliphatic carbocycles. The third-order valence-corrected chi connectivity index (χ3v) is 5.98. The standard InChI is InChI=1S/C23H16ClNO6S/c1-2-30-15-6-4-14(5-7-15)25-21(27)16-8-3-13(11-17(16)22(25)28)23(29)31-12-18(26)19-9-10-20(24)32-19/h3-11H,2,12H2,1H3. The van der Waals surface area contributed by atoms with E-state index in [0.29, 0.717) is 27.3 Å². The predicted molar refractivity (Wildman–Crippen MR) is 119 cm³/mol. The molecule has 2 aromatic carbocycles. The van der Waals surface area contributed by atoms with Crippen molar-refractivity contribution in [2.24, 2.45) is 0 Å². The van der Waals surface area contributed by atoms with Crippen LogP contribution < -0.4 is 9.64 Å². The Kier molecular flexibility index (Phi) is 6.07. The number of halogens is 1. The molecule has 0 unspecified atom stereocenters.